The average Bonchev–Trinajstić information content (AvgIpc) is 2.80. The predicted octanol–water partition coefficient (Wildman–Crippen LogP) is 2.42. The van der Waals surface area contributed by atoms with Gasteiger partial charge in [-0.2, -0.15) is 5.10 Å². The second kappa shape index (κ2) is 4.35. The van der Waals surface area contributed by atoms with Crippen molar-refractivity contribution in [2.24, 2.45) is 0 Å². The quantitative estimate of drug-likeness (QED) is 0.766. The van der Waals surface area contributed by atoms with Gasteiger partial charge >= 0.3 is 0 Å². The van der Waals surface area contributed by atoms with Crippen LogP contribution in [-0.2, 0) is 6.42 Å². The molecule has 0 saturated heterocycles. The van der Waals surface area contributed by atoms with E-state index in [0.29, 0.717) is 11.2 Å². The van der Waals surface area contributed by atoms with Gasteiger partial charge in [-0.1, -0.05) is 6.92 Å². The zero-order valence-electron chi connectivity index (χ0n) is 10.4. The standard InChI is InChI=1S/C14H12FN3O/c1-2-12-11-7-8-16-14(19)13(11)18(17-12)10-5-3-9(15)4-6-10/h3-8H,2H2,1H3,(H,16,19). The lowest BCUT2D eigenvalue weighted by Crippen LogP contribution is -2.09. The molecule has 3 rings (SSSR count). The van der Waals surface area contributed by atoms with Crippen molar-refractivity contribution in [3.05, 3.63) is 58.4 Å². The summed E-state index contributed by atoms with van der Waals surface area (Å²) in [4.78, 5) is 14.6. The second-order valence-corrected chi connectivity index (χ2v) is 4.26. The fourth-order valence-corrected chi connectivity index (χ4v) is 2.17. The molecule has 0 aliphatic carbocycles. The number of aryl methyl sites for hydroxylation is 1. The van der Waals surface area contributed by atoms with Gasteiger partial charge in [-0.3, -0.25) is 4.79 Å². The van der Waals surface area contributed by atoms with Crippen LogP contribution in [0.1, 0.15) is 12.6 Å². The highest BCUT2D eigenvalue weighted by Gasteiger charge is 2.13. The van der Waals surface area contributed by atoms with Gasteiger partial charge in [-0.15, -0.1) is 0 Å². The number of halogens is 1. The summed E-state index contributed by atoms with van der Waals surface area (Å²) in [7, 11) is 0. The summed E-state index contributed by atoms with van der Waals surface area (Å²) in [6, 6.07) is 7.75. The van der Waals surface area contributed by atoms with Crippen molar-refractivity contribution < 1.29 is 4.39 Å². The Bertz CT molecular complexity index is 787. The number of aromatic amines is 1. The molecule has 1 aromatic carbocycles. The molecule has 3 aromatic rings. The number of rotatable bonds is 2. The first-order chi connectivity index (χ1) is 9.20. The normalized spacial score (nSPS) is 11.1. The number of benzene rings is 1. The second-order valence-electron chi connectivity index (χ2n) is 4.26. The Kier molecular flexibility index (Phi) is 2.67. The molecule has 1 N–H and O–H groups in total. The molecular weight excluding hydrogens is 245 g/mol. The van der Waals surface area contributed by atoms with Gasteiger partial charge in [0.15, 0.2) is 0 Å². The predicted molar refractivity (Wildman–Crippen MR) is 71.0 cm³/mol. The monoisotopic (exact) mass is 257 g/mol. The van der Waals surface area contributed by atoms with E-state index in [9.17, 15) is 9.18 Å². The highest BCUT2D eigenvalue weighted by atomic mass is 19.1. The summed E-state index contributed by atoms with van der Waals surface area (Å²) in [5.74, 6) is -0.315. The van der Waals surface area contributed by atoms with E-state index in [1.54, 1.807) is 23.0 Å². The van der Waals surface area contributed by atoms with Gasteiger partial charge in [0.2, 0.25) is 0 Å². The van der Waals surface area contributed by atoms with E-state index in [2.05, 4.69) is 10.1 Å². The van der Waals surface area contributed by atoms with Crippen molar-refractivity contribution in [2.75, 3.05) is 0 Å². The maximum Gasteiger partial charge on any atom is 0.274 e. The first-order valence-electron chi connectivity index (χ1n) is 6.06. The highest BCUT2D eigenvalue weighted by molar-refractivity contribution is 5.82. The molecule has 0 unspecified atom stereocenters. The van der Waals surface area contributed by atoms with Crippen LogP contribution in [0.5, 0.6) is 0 Å². The third-order valence-electron chi connectivity index (χ3n) is 3.08. The Morgan fingerprint density at radius 1 is 1.26 bits per heavy atom. The van der Waals surface area contributed by atoms with E-state index < -0.39 is 0 Å². The molecule has 0 saturated carbocycles. The molecule has 2 aromatic heterocycles. The van der Waals surface area contributed by atoms with Gasteiger partial charge < -0.3 is 4.98 Å². The van der Waals surface area contributed by atoms with Crippen LogP contribution in [0, 0.1) is 5.82 Å². The number of pyridine rings is 1. The first kappa shape index (κ1) is 11.6. The minimum Gasteiger partial charge on any atom is -0.327 e. The lowest BCUT2D eigenvalue weighted by Gasteiger charge is -2.02. The van der Waals surface area contributed by atoms with Gasteiger partial charge in [-0.25, -0.2) is 9.07 Å². The largest absolute Gasteiger partial charge is 0.327 e. The van der Waals surface area contributed by atoms with Crippen molar-refractivity contribution in [2.45, 2.75) is 13.3 Å². The topological polar surface area (TPSA) is 50.7 Å². The van der Waals surface area contributed by atoms with Crippen LogP contribution in [0.2, 0.25) is 0 Å². The Labute approximate surface area is 108 Å². The summed E-state index contributed by atoms with van der Waals surface area (Å²) in [6.45, 7) is 1.98. The maximum absolute atomic E-state index is 13.0. The van der Waals surface area contributed by atoms with Gasteiger partial charge in [0.1, 0.15) is 11.3 Å². The number of fused-ring (bicyclic) bond motifs is 1. The maximum atomic E-state index is 13.0. The molecule has 0 radical (unpaired) electrons. The molecule has 0 atom stereocenters. The number of nitrogens with one attached hydrogen (secondary N) is 1. The number of H-pyrrole nitrogens is 1. The van der Waals surface area contributed by atoms with Crippen LogP contribution in [0.15, 0.2) is 41.3 Å². The molecule has 0 aliphatic rings. The van der Waals surface area contributed by atoms with Crippen LogP contribution in [-0.4, -0.2) is 14.8 Å². The summed E-state index contributed by atoms with van der Waals surface area (Å²) in [5.41, 5.74) is 1.81. The van der Waals surface area contributed by atoms with Crippen molar-refractivity contribution in [1.29, 1.82) is 0 Å². The molecule has 0 aliphatic heterocycles. The average molecular weight is 257 g/mol. The molecule has 0 spiro atoms. The van der Waals surface area contributed by atoms with E-state index >= 15 is 0 Å². The summed E-state index contributed by atoms with van der Waals surface area (Å²) in [5, 5.41) is 5.27. The molecule has 19 heavy (non-hydrogen) atoms. The van der Waals surface area contributed by atoms with Gasteiger partial charge in [0.25, 0.3) is 5.56 Å². The van der Waals surface area contributed by atoms with Crippen LogP contribution < -0.4 is 5.56 Å². The minimum atomic E-state index is -0.315. The third-order valence-corrected chi connectivity index (χ3v) is 3.08. The zero-order chi connectivity index (χ0) is 13.4. The third kappa shape index (κ3) is 1.83. The van der Waals surface area contributed by atoms with E-state index in [1.165, 1.54) is 12.1 Å². The fraction of sp³-hybridized carbons (Fsp3) is 0.143. The summed E-state index contributed by atoms with van der Waals surface area (Å²) in [6.07, 6.45) is 2.34. The molecule has 4 nitrogen and oxygen atoms in total. The Morgan fingerprint density at radius 2 is 2.00 bits per heavy atom. The van der Waals surface area contributed by atoms with Gasteiger partial charge in [0.05, 0.1) is 11.4 Å². The number of nitrogens with zero attached hydrogens (tertiary/aromatic N) is 2. The molecular formula is C14H12FN3O. The molecule has 0 bridgehead atoms. The Balaban J connectivity index is 2.35. The molecule has 0 fully saturated rings. The smallest absolute Gasteiger partial charge is 0.274 e. The van der Waals surface area contributed by atoms with Gasteiger partial charge in [0, 0.05) is 11.6 Å². The molecule has 96 valence electrons. The number of hydrogen-bond acceptors (Lipinski definition) is 2. The molecule has 0 amide bonds. The van der Waals surface area contributed by atoms with Crippen LogP contribution in [0.3, 0.4) is 0 Å². The van der Waals surface area contributed by atoms with Crippen LogP contribution >= 0.6 is 0 Å². The van der Waals surface area contributed by atoms with E-state index in [4.69, 9.17) is 0 Å². The van der Waals surface area contributed by atoms with Crippen LogP contribution in [0.25, 0.3) is 16.6 Å². The summed E-state index contributed by atoms with van der Waals surface area (Å²) >= 11 is 0. The SMILES string of the molecule is CCc1nn(-c2ccc(F)cc2)c2c(=O)[nH]ccc12. The van der Waals surface area contributed by atoms with E-state index in [1.807, 2.05) is 13.0 Å². The highest BCUT2D eigenvalue weighted by Crippen LogP contribution is 2.19. The minimum absolute atomic E-state index is 0.200. The Hall–Kier alpha value is -2.43. The van der Waals surface area contributed by atoms with E-state index in [-0.39, 0.29) is 11.4 Å². The molecule has 2 heterocycles. The van der Waals surface area contributed by atoms with Crippen molar-refractivity contribution in [3.8, 4) is 5.69 Å². The first-order valence-corrected chi connectivity index (χ1v) is 6.06. The molecule has 5 heteroatoms. The summed E-state index contributed by atoms with van der Waals surface area (Å²) < 4.78 is 14.5. The van der Waals surface area contributed by atoms with Crippen molar-refractivity contribution in [3.63, 3.8) is 0 Å². The fourth-order valence-electron chi connectivity index (χ4n) is 2.17. The number of hydrogen-bond donors (Lipinski definition) is 1. The van der Waals surface area contributed by atoms with E-state index in [0.717, 1.165) is 17.5 Å². The lowest BCUT2D eigenvalue weighted by molar-refractivity contribution is 0.627. The lowest BCUT2D eigenvalue weighted by atomic mass is 10.2. The van der Waals surface area contributed by atoms with Crippen molar-refractivity contribution in [1.82, 2.24) is 14.8 Å². The van der Waals surface area contributed by atoms with Gasteiger partial charge in [-0.05, 0) is 36.8 Å². The van der Waals surface area contributed by atoms with Crippen LogP contribution in [0.4, 0.5) is 4.39 Å². The Morgan fingerprint density at radius 3 is 2.68 bits per heavy atom. The van der Waals surface area contributed by atoms with Crippen molar-refractivity contribution >= 4 is 10.9 Å². The zero-order valence-corrected chi connectivity index (χ0v) is 10.4. The number of aromatic nitrogens is 3.